The van der Waals surface area contributed by atoms with Gasteiger partial charge < -0.3 is 28.4 Å². The maximum absolute atomic E-state index is 13.7. The number of ether oxygens (including phenoxy) is 6. The zero-order valence-corrected chi connectivity index (χ0v) is 31.8. The molecule has 4 aromatic rings. The number of hydrogen-bond donors (Lipinski definition) is 0. The van der Waals surface area contributed by atoms with E-state index in [1.807, 2.05) is 0 Å². The van der Waals surface area contributed by atoms with Gasteiger partial charge in [-0.25, -0.2) is 0 Å². The number of halogens is 18. The second kappa shape index (κ2) is 16.8. The molecule has 68 heavy (non-hydrogen) atoms. The smallest absolute Gasteiger partial charge is 0.402 e. The Morgan fingerprint density at radius 2 is 0.588 bits per heavy atom. The summed E-state index contributed by atoms with van der Waals surface area (Å²) in [6.07, 6.45) is -35.9. The van der Waals surface area contributed by atoms with Gasteiger partial charge in [0.25, 0.3) is 0 Å². The third-order valence-corrected chi connectivity index (χ3v) is 8.87. The van der Waals surface area contributed by atoms with Crippen LogP contribution < -0.4 is 28.4 Å². The Balaban J connectivity index is 1.81. The van der Waals surface area contributed by atoms with Gasteiger partial charge in [-0.3, -0.25) is 0 Å². The second-order valence-electron chi connectivity index (χ2n) is 13.0. The van der Waals surface area contributed by atoms with Gasteiger partial charge in [-0.05, 0) is 68.8 Å². The number of alkyl halides is 18. The van der Waals surface area contributed by atoms with Crippen LogP contribution in [0.15, 0.2) is 71.8 Å². The van der Waals surface area contributed by atoms with E-state index < -0.39 is 151 Å². The van der Waals surface area contributed by atoms with Crippen LogP contribution in [-0.2, 0) is 0 Å². The van der Waals surface area contributed by atoms with E-state index in [2.05, 4.69) is 28.4 Å². The molecule has 0 spiro atoms. The van der Waals surface area contributed by atoms with Crippen LogP contribution in [0, 0.1) is 45.3 Å². The Labute approximate surface area is 364 Å². The molecule has 0 amide bonds. The highest BCUT2D eigenvalue weighted by Gasteiger charge is 2.46. The molecule has 6 rings (SSSR count). The van der Waals surface area contributed by atoms with Crippen molar-refractivity contribution >= 4 is 22.3 Å². The zero-order valence-electron chi connectivity index (χ0n) is 31.8. The van der Waals surface area contributed by atoms with Crippen LogP contribution in [0.4, 0.5) is 79.0 Å². The van der Waals surface area contributed by atoms with Crippen molar-refractivity contribution in [3.8, 4) is 81.0 Å². The van der Waals surface area contributed by atoms with Gasteiger partial charge in [0.15, 0.2) is 23.0 Å². The molecule has 2 aliphatic rings. The number of nitriles is 4. The molecule has 0 N–H and O–H groups in total. The van der Waals surface area contributed by atoms with E-state index in [0.29, 0.717) is 0 Å². The van der Waals surface area contributed by atoms with Crippen LogP contribution >= 0.6 is 0 Å². The Hall–Kier alpha value is -8.40. The van der Waals surface area contributed by atoms with Gasteiger partial charge in [0.05, 0.1) is 0 Å². The SMILES string of the molecule is N#CC(C#N)=C1C2=C(C(=C(C#N)C#N)c3cccc(-c4cc(OC(F)(F)F)c(OC(F)(F)F)c(OC(F)(F)F)c4)c32)c2c1cccc2-c1cc(OC(F)(F)F)c(OC(F)(F)F)c(OC(F)(F)F)c1. The first-order valence-electron chi connectivity index (χ1n) is 17.3. The topological polar surface area (TPSA) is 151 Å². The van der Waals surface area contributed by atoms with Gasteiger partial charge in [0, 0.05) is 22.3 Å². The summed E-state index contributed by atoms with van der Waals surface area (Å²) in [4.78, 5) is 0. The van der Waals surface area contributed by atoms with E-state index in [0.717, 1.165) is 36.4 Å². The summed E-state index contributed by atoms with van der Waals surface area (Å²) in [7, 11) is 0. The van der Waals surface area contributed by atoms with E-state index in [4.69, 9.17) is 0 Å². The predicted molar refractivity (Wildman–Crippen MR) is 187 cm³/mol. The van der Waals surface area contributed by atoms with Gasteiger partial charge in [0.1, 0.15) is 35.4 Å². The highest BCUT2D eigenvalue weighted by Crippen LogP contribution is 2.63. The fraction of sp³-hybridized carbons (Fsp3) is 0.150. The number of benzene rings is 4. The van der Waals surface area contributed by atoms with Crippen LogP contribution in [0.2, 0.25) is 0 Å². The highest BCUT2D eigenvalue weighted by molar-refractivity contribution is 6.39. The number of rotatable bonds is 8. The molecule has 0 aliphatic heterocycles. The summed E-state index contributed by atoms with van der Waals surface area (Å²) in [6.45, 7) is 0. The normalized spacial score (nSPS) is 13.6. The lowest BCUT2D eigenvalue weighted by atomic mass is 9.84. The molecule has 0 heterocycles. The van der Waals surface area contributed by atoms with Crippen molar-refractivity contribution in [3.63, 3.8) is 0 Å². The molecule has 0 radical (unpaired) electrons. The predicted octanol–water partition coefficient (Wildman–Crippen LogP) is 13.0. The van der Waals surface area contributed by atoms with E-state index in [9.17, 15) is 100 Å². The summed E-state index contributed by atoms with van der Waals surface area (Å²) in [5.41, 5.74) is -9.80. The first kappa shape index (κ1) is 49.0. The molecule has 0 unspecified atom stereocenters. The fourth-order valence-corrected chi connectivity index (χ4v) is 7.05. The Morgan fingerprint density at radius 3 is 0.809 bits per heavy atom. The van der Waals surface area contributed by atoms with Crippen molar-refractivity contribution in [2.24, 2.45) is 0 Å². The molecule has 0 atom stereocenters. The lowest BCUT2D eigenvalue weighted by Gasteiger charge is -2.22. The van der Waals surface area contributed by atoms with Gasteiger partial charge in [-0.15, -0.1) is 79.0 Å². The highest BCUT2D eigenvalue weighted by atomic mass is 19.4. The molecule has 0 aromatic heterocycles. The minimum atomic E-state index is -6.02. The molecule has 28 heteroatoms. The van der Waals surface area contributed by atoms with E-state index in [1.54, 1.807) is 0 Å². The van der Waals surface area contributed by atoms with Crippen LogP contribution in [0.25, 0.3) is 44.5 Å². The lowest BCUT2D eigenvalue weighted by Crippen LogP contribution is -2.23. The molecule has 2 aliphatic carbocycles. The van der Waals surface area contributed by atoms with Gasteiger partial charge in [0.2, 0.25) is 11.5 Å². The van der Waals surface area contributed by atoms with E-state index in [1.165, 1.54) is 24.3 Å². The Kier molecular flexibility index (Phi) is 12.1. The van der Waals surface area contributed by atoms with Crippen LogP contribution in [0.1, 0.15) is 22.3 Å². The van der Waals surface area contributed by atoms with Crippen molar-refractivity contribution in [1.29, 1.82) is 21.0 Å². The van der Waals surface area contributed by atoms with Crippen molar-refractivity contribution in [2.45, 2.75) is 38.2 Å². The van der Waals surface area contributed by atoms with Crippen molar-refractivity contribution in [3.05, 3.63) is 94.1 Å². The largest absolute Gasteiger partial charge is 0.573 e. The average molecular weight is 985 g/mol. The number of allylic oxidation sites excluding steroid dienone is 6. The molecule has 0 bridgehead atoms. The number of fused-ring (bicyclic) bond motifs is 4. The number of hydrogen-bond acceptors (Lipinski definition) is 10. The monoisotopic (exact) mass is 984 g/mol. The second-order valence-corrected chi connectivity index (χ2v) is 13.0. The third kappa shape index (κ3) is 10.3. The van der Waals surface area contributed by atoms with Crippen molar-refractivity contribution in [2.75, 3.05) is 0 Å². The van der Waals surface area contributed by atoms with Gasteiger partial charge in [-0.1, -0.05) is 36.4 Å². The van der Waals surface area contributed by atoms with Crippen LogP contribution in [0.5, 0.6) is 34.5 Å². The summed E-state index contributed by atoms with van der Waals surface area (Å²) < 4.78 is 266. The van der Waals surface area contributed by atoms with Crippen LogP contribution in [-0.4, -0.2) is 38.2 Å². The first-order chi connectivity index (χ1) is 31.3. The summed E-state index contributed by atoms with van der Waals surface area (Å²) >= 11 is 0. The lowest BCUT2D eigenvalue weighted by molar-refractivity contribution is -0.293. The first-order valence-corrected chi connectivity index (χ1v) is 17.3. The molecule has 0 saturated heterocycles. The van der Waals surface area contributed by atoms with Crippen LogP contribution in [0.3, 0.4) is 0 Å². The summed E-state index contributed by atoms with van der Waals surface area (Å²) in [5.74, 6) is -13.2. The van der Waals surface area contributed by atoms with Crippen molar-refractivity contribution in [1.82, 2.24) is 0 Å². The summed E-state index contributed by atoms with van der Waals surface area (Å²) in [6, 6.07) is 11.8. The molecular formula is C40H10F18N4O6. The molecule has 10 nitrogen and oxygen atoms in total. The quantitative estimate of drug-likeness (QED) is 0.123. The van der Waals surface area contributed by atoms with E-state index >= 15 is 0 Å². The molecular weight excluding hydrogens is 974 g/mol. The Morgan fingerprint density at radius 1 is 0.353 bits per heavy atom. The zero-order chi connectivity index (χ0) is 50.7. The maximum atomic E-state index is 13.7. The molecule has 352 valence electrons. The van der Waals surface area contributed by atoms with Gasteiger partial charge >= 0.3 is 38.2 Å². The molecule has 0 fully saturated rings. The molecule has 4 aromatic carbocycles. The van der Waals surface area contributed by atoms with Gasteiger partial charge in [-0.2, -0.15) is 21.0 Å². The number of nitrogens with zero attached hydrogens (tertiary/aromatic N) is 4. The fourth-order valence-electron chi connectivity index (χ4n) is 7.05. The molecule has 0 saturated carbocycles. The Bertz CT molecular complexity index is 2730. The maximum Gasteiger partial charge on any atom is 0.573 e. The van der Waals surface area contributed by atoms with E-state index in [-0.39, 0.29) is 24.3 Å². The average Bonchev–Trinajstić information content (AvgIpc) is 3.68. The summed E-state index contributed by atoms with van der Waals surface area (Å²) in [5, 5.41) is 40.7. The van der Waals surface area contributed by atoms with Crippen molar-refractivity contribution < 1.29 is 107 Å². The minimum absolute atomic E-state index is 0.0617. The third-order valence-electron chi connectivity index (χ3n) is 8.87. The standard InChI is InChI=1S/C40H10F18N4O6/c41-35(42,43)63-23-7-15(8-24(64-36(44,45)46)33(23)67-39(53,54)55)19-3-1-5-21-27(17(11-59)12-60)31-30-20(4-2-6-22(30)28(18(13-61)14-62)32(31)29(19)21)16-9-25(65-37(47,48)49)34(68-40(56,57)58)26(10-16)66-38(50,51)52/h1-10H. The minimum Gasteiger partial charge on any atom is -0.402 e.